The van der Waals surface area contributed by atoms with Crippen molar-refractivity contribution in [3.8, 4) is 11.5 Å². The van der Waals surface area contributed by atoms with E-state index >= 15 is 0 Å². The predicted molar refractivity (Wildman–Crippen MR) is 76.1 cm³/mol. The van der Waals surface area contributed by atoms with Gasteiger partial charge in [0.1, 0.15) is 17.3 Å². The number of nitrogens with one attached hydrogen (secondary N) is 1. The van der Waals surface area contributed by atoms with Crippen LogP contribution >= 0.6 is 0 Å². The minimum atomic E-state index is 0.568. The summed E-state index contributed by atoms with van der Waals surface area (Å²) in [6.45, 7) is 0. The van der Waals surface area contributed by atoms with Crippen LogP contribution in [0.4, 0.5) is 5.82 Å². The fourth-order valence-corrected chi connectivity index (χ4v) is 1.92. The minimum absolute atomic E-state index is 0.568. The molecule has 3 rings (SSSR count). The van der Waals surface area contributed by atoms with E-state index in [1.165, 1.54) is 5.39 Å². The third-order valence-corrected chi connectivity index (χ3v) is 2.84. The molecule has 0 bridgehead atoms. The van der Waals surface area contributed by atoms with Crippen molar-refractivity contribution in [3.05, 3.63) is 60.8 Å². The number of rotatable bonds is 3. The molecule has 3 aromatic rings. The standard InChI is InChI=1S/C15H13N3O/c16-18-15-10-14(7-8-17-15)19-13-6-5-11-3-1-2-4-12(11)9-13/h1-10H,16H2,(H,17,18). The van der Waals surface area contributed by atoms with Gasteiger partial charge in [-0.1, -0.05) is 30.3 Å². The summed E-state index contributed by atoms with van der Waals surface area (Å²) in [4.78, 5) is 4.03. The Balaban J connectivity index is 1.92. The normalized spacial score (nSPS) is 10.4. The zero-order chi connectivity index (χ0) is 13.1. The number of benzene rings is 2. The Labute approximate surface area is 110 Å². The SMILES string of the molecule is NNc1cc(Oc2ccc3ccccc3c2)ccn1. The first kappa shape index (κ1) is 11.5. The van der Waals surface area contributed by atoms with E-state index in [-0.39, 0.29) is 0 Å². The molecule has 0 spiro atoms. The maximum Gasteiger partial charge on any atom is 0.143 e. The number of hydrogen-bond acceptors (Lipinski definition) is 4. The van der Waals surface area contributed by atoms with Gasteiger partial charge < -0.3 is 10.2 Å². The average Bonchev–Trinajstić information content (AvgIpc) is 2.47. The van der Waals surface area contributed by atoms with Crippen molar-refractivity contribution < 1.29 is 4.74 Å². The van der Waals surface area contributed by atoms with Crippen LogP contribution in [0.5, 0.6) is 11.5 Å². The van der Waals surface area contributed by atoms with E-state index < -0.39 is 0 Å². The van der Waals surface area contributed by atoms with Crippen molar-refractivity contribution in [1.82, 2.24) is 4.98 Å². The molecule has 0 saturated heterocycles. The number of nitrogens with two attached hydrogens (primary N) is 1. The smallest absolute Gasteiger partial charge is 0.143 e. The average molecular weight is 251 g/mol. The third-order valence-electron chi connectivity index (χ3n) is 2.84. The highest BCUT2D eigenvalue weighted by Gasteiger charge is 2.00. The van der Waals surface area contributed by atoms with Crippen molar-refractivity contribution in [2.75, 3.05) is 5.43 Å². The first-order chi connectivity index (χ1) is 9.35. The van der Waals surface area contributed by atoms with E-state index in [1.54, 1.807) is 18.3 Å². The Morgan fingerprint density at radius 2 is 1.68 bits per heavy atom. The maximum atomic E-state index is 5.79. The van der Waals surface area contributed by atoms with Crippen LogP contribution < -0.4 is 16.0 Å². The van der Waals surface area contributed by atoms with E-state index in [1.807, 2.05) is 30.3 Å². The van der Waals surface area contributed by atoms with E-state index in [2.05, 4.69) is 22.5 Å². The van der Waals surface area contributed by atoms with Gasteiger partial charge in [-0.3, -0.25) is 0 Å². The summed E-state index contributed by atoms with van der Waals surface area (Å²) >= 11 is 0. The Kier molecular flexibility index (Phi) is 3.00. The van der Waals surface area contributed by atoms with Gasteiger partial charge in [-0.05, 0) is 29.0 Å². The van der Waals surface area contributed by atoms with Crippen LogP contribution in [-0.2, 0) is 0 Å². The number of hydrogen-bond donors (Lipinski definition) is 2. The lowest BCUT2D eigenvalue weighted by molar-refractivity contribution is 0.483. The lowest BCUT2D eigenvalue weighted by atomic mass is 10.1. The minimum Gasteiger partial charge on any atom is -0.457 e. The van der Waals surface area contributed by atoms with Crippen LogP contribution in [0.2, 0.25) is 0 Å². The van der Waals surface area contributed by atoms with Gasteiger partial charge in [0.05, 0.1) is 0 Å². The molecule has 4 heteroatoms. The zero-order valence-corrected chi connectivity index (χ0v) is 10.2. The molecule has 0 unspecified atom stereocenters. The molecule has 1 aromatic heterocycles. The number of pyridine rings is 1. The molecule has 2 aromatic carbocycles. The fraction of sp³-hybridized carbons (Fsp3) is 0. The Hall–Kier alpha value is -2.59. The van der Waals surface area contributed by atoms with Gasteiger partial charge in [0, 0.05) is 12.3 Å². The summed E-state index contributed by atoms with van der Waals surface area (Å²) in [6, 6.07) is 17.7. The van der Waals surface area contributed by atoms with Crippen LogP contribution in [0, 0.1) is 0 Å². The van der Waals surface area contributed by atoms with Crippen LogP contribution in [0.3, 0.4) is 0 Å². The van der Waals surface area contributed by atoms with E-state index in [9.17, 15) is 0 Å². The zero-order valence-electron chi connectivity index (χ0n) is 10.2. The van der Waals surface area contributed by atoms with Crippen LogP contribution in [0.1, 0.15) is 0 Å². The van der Waals surface area contributed by atoms with Crippen molar-refractivity contribution in [1.29, 1.82) is 0 Å². The number of anilines is 1. The third kappa shape index (κ3) is 2.48. The molecule has 94 valence electrons. The molecule has 0 aliphatic carbocycles. The highest BCUT2D eigenvalue weighted by atomic mass is 16.5. The number of ether oxygens (including phenoxy) is 1. The second kappa shape index (κ2) is 4.96. The van der Waals surface area contributed by atoms with Gasteiger partial charge in [0.15, 0.2) is 0 Å². The second-order valence-corrected chi connectivity index (χ2v) is 4.13. The lowest BCUT2D eigenvalue weighted by Crippen LogP contribution is -2.08. The Morgan fingerprint density at radius 3 is 2.53 bits per heavy atom. The Morgan fingerprint density at radius 1 is 0.895 bits per heavy atom. The summed E-state index contributed by atoms with van der Waals surface area (Å²) in [5.74, 6) is 7.36. The number of hydrazine groups is 1. The summed E-state index contributed by atoms with van der Waals surface area (Å²) in [5, 5.41) is 2.33. The summed E-state index contributed by atoms with van der Waals surface area (Å²) in [7, 11) is 0. The quantitative estimate of drug-likeness (QED) is 0.554. The first-order valence-corrected chi connectivity index (χ1v) is 5.94. The molecule has 1 heterocycles. The van der Waals surface area contributed by atoms with Crippen LogP contribution in [0.25, 0.3) is 10.8 Å². The van der Waals surface area contributed by atoms with Crippen molar-refractivity contribution >= 4 is 16.6 Å². The molecule has 0 atom stereocenters. The number of aromatic nitrogens is 1. The molecular formula is C15H13N3O. The molecule has 0 saturated carbocycles. The molecule has 0 aliphatic rings. The van der Waals surface area contributed by atoms with Gasteiger partial charge in [-0.2, -0.15) is 0 Å². The monoisotopic (exact) mass is 251 g/mol. The maximum absolute atomic E-state index is 5.79. The van der Waals surface area contributed by atoms with Gasteiger partial charge in [0.25, 0.3) is 0 Å². The van der Waals surface area contributed by atoms with Crippen molar-refractivity contribution in [2.45, 2.75) is 0 Å². The molecule has 0 aliphatic heterocycles. The van der Waals surface area contributed by atoms with Gasteiger partial charge in [-0.25, -0.2) is 10.8 Å². The van der Waals surface area contributed by atoms with E-state index in [0.29, 0.717) is 11.6 Å². The van der Waals surface area contributed by atoms with Crippen LogP contribution in [-0.4, -0.2) is 4.98 Å². The van der Waals surface area contributed by atoms with E-state index in [0.717, 1.165) is 11.1 Å². The molecule has 4 nitrogen and oxygen atoms in total. The largest absolute Gasteiger partial charge is 0.457 e. The molecule has 19 heavy (non-hydrogen) atoms. The first-order valence-electron chi connectivity index (χ1n) is 5.94. The molecule has 3 N–H and O–H groups in total. The number of nitrogen functional groups attached to an aromatic ring is 1. The highest BCUT2D eigenvalue weighted by Crippen LogP contribution is 2.26. The van der Waals surface area contributed by atoms with Crippen molar-refractivity contribution in [2.24, 2.45) is 5.84 Å². The summed E-state index contributed by atoms with van der Waals surface area (Å²) in [5.41, 5.74) is 2.49. The lowest BCUT2D eigenvalue weighted by Gasteiger charge is -2.07. The molecule has 0 amide bonds. The highest BCUT2D eigenvalue weighted by molar-refractivity contribution is 5.83. The van der Waals surface area contributed by atoms with Crippen molar-refractivity contribution in [3.63, 3.8) is 0 Å². The molecular weight excluding hydrogens is 238 g/mol. The van der Waals surface area contributed by atoms with Gasteiger partial charge in [0.2, 0.25) is 0 Å². The van der Waals surface area contributed by atoms with Crippen LogP contribution in [0.15, 0.2) is 60.8 Å². The summed E-state index contributed by atoms with van der Waals surface area (Å²) < 4.78 is 5.79. The number of fused-ring (bicyclic) bond motifs is 1. The second-order valence-electron chi connectivity index (χ2n) is 4.13. The van der Waals surface area contributed by atoms with E-state index in [4.69, 9.17) is 10.6 Å². The Bertz CT molecular complexity index is 712. The molecule has 0 radical (unpaired) electrons. The summed E-state index contributed by atoms with van der Waals surface area (Å²) in [6.07, 6.45) is 1.64. The predicted octanol–water partition coefficient (Wildman–Crippen LogP) is 3.31. The molecule has 0 fully saturated rings. The number of nitrogens with zero attached hydrogens (tertiary/aromatic N) is 1. The van der Waals surface area contributed by atoms with Gasteiger partial charge >= 0.3 is 0 Å². The topological polar surface area (TPSA) is 60.2 Å². The van der Waals surface area contributed by atoms with Gasteiger partial charge in [-0.15, -0.1) is 0 Å². The fourth-order valence-electron chi connectivity index (χ4n) is 1.92.